The Hall–Kier alpha value is -1.36. The molecule has 0 aromatic carbocycles. The molecule has 0 bridgehead atoms. The van der Waals surface area contributed by atoms with Crippen LogP contribution in [-0.2, 0) is 18.4 Å². The van der Waals surface area contributed by atoms with Gasteiger partial charge in [0.05, 0.1) is 0 Å². The maximum absolute atomic E-state index is 12.3. The fraction of sp³-hybridized carbons (Fsp3) is 0.842. The molecule has 0 rings (SSSR count). The van der Waals surface area contributed by atoms with Crippen LogP contribution in [0.25, 0.3) is 0 Å². The highest BCUT2D eigenvalue weighted by Crippen LogP contribution is 2.15. The van der Waals surface area contributed by atoms with E-state index in [0.29, 0.717) is 12.8 Å². The molecule has 0 N–H and O–H groups in total. The molecule has 5 heteroatoms. The zero-order valence-corrected chi connectivity index (χ0v) is 30.2. The van der Waals surface area contributed by atoms with Gasteiger partial charge in [-0.15, -0.1) is 0 Å². The van der Waals surface area contributed by atoms with Crippen LogP contribution in [0.3, 0.4) is 0 Å². The molecule has 0 heterocycles. The number of hydrogen-bond donors (Lipinski definition) is 0. The molecule has 0 amide bonds. The monoisotopic (exact) mass is 621 g/mol. The normalized spacial score (nSPS) is 12.0. The molecular weight excluding hydrogens is 549 g/mol. The summed E-state index contributed by atoms with van der Waals surface area (Å²) in [6, 6.07) is 0. The van der Waals surface area contributed by atoms with E-state index in [-0.39, 0.29) is 11.9 Å². The molecule has 0 spiro atoms. The van der Waals surface area contributed by atoms with Crippen LogP contribution in [0.5, 0.6) is 0 Å². The van der Waals surface area contributed by atoms with E-state index < -0.39 is 8.56 Å². The van der Waals surface area contributed by atoms with Crippen LogP contribution < -0.4 is 0 Å². The lowest BCUT2D eigenvalue weighted by atomic mass is 10.1. The first kappa shape index (κ1) is 41.6. The van der Waals surface area contributed by atoms with E-state index in [4.69, 9.17) is 8.85 Å². The highest BCUT2D eigenvalue weighted by molar-refractivity contribution is 6.67. The minimum atomic E-state index is -2.76. The van der Waals surface area contributed by atoms with Gasteiger partial charge in [0, 0.05) is 25.9 Å². The molecule has 0 saturated carbocycles. The maximum atomic E-state index is 12.3. The van der Waals surface area contributed by atoms with Crippen molar-refractivity contribution in [3.05, 3.63) is 24.3 Å². The Morgan fingerprint density at radius 1 is 0.419 bits per heavy atom. The molecule has 0 aromatic rings. The lowest BCUT2D eigenvalue weighted by Gasteiger charge is -2.22. The largest absolute Gasteiger partial charge is 0.485 e. The number of hydrogen-bond acceptors (Lipinski definition) is 4. The second-order valence-electron chi connectivity index (χ2n) is 13.0. The second-order valence-corrected chi connectivity index (χ2v) is 16.2. The van der Waals surface area contributed by atoms with Crippen molar-refractivity contribution in [1.82, 2.24) is 0 Å². The predicted molar refractivity (Wildman–Crippen MR) is 189 cm³/mol. The molecule has 0 fully saturated rings. The molecule has 0 aliphatic rings. The van der Waals surface area contributed by atoms with Crippen molar-refractivity contribution in [3.8, 4) is 0 Å². The first-order valence-corrected chi connectivity index (χ1v) is 21.5. The summed E-state index contributed by atoms with van der Waals surface area (Å²) in [5.74, 6) is -0.439. The van der Waals surface area contributed by atoms with E-state index in [1.54, 1.807) is 13.1 Å². The molecule has 0 aromatic heterocycles. The minimum Gasteiger partial charge on any atom is -0.485 e. The van der Waals surface area contributed by atoms with Gasteiger partial charge in [-0.25, -0.2) is 0 Å². The van der Waals surface area contributed by atoms with Gasteiger partial charge in [0.25, 0.3) is 11.9 Å². The summed E-state index contributed by atoms with van der Waals surface area (Å²) in [6.07, 6.45) is 42.3. The Morgan fingerprint density at radius 2 is 0.674 bits per heavy atom. The average molecular weight is 621 g/mol. The van der Waals surface area contributed by atoms with Gasteiger partial charge in [0.1, 0.15) is 0 Å². The van der Waals surface area contributed by atoms with Crippen LogP contribution in [0.4, 0.5) is 0 Å². The maximum Gasteiger partial charge on any atom is 0.457 e. The van der Waals surface area contributed by atoms with Gasteiger partial charge < -0.3 is 8.85 Å². The highest BCUT2D eigenvalue weighted by atomic mass is 28.4. The van der Waals surface area contributed by atoms with Crippen molar-refractivity contribution in [2.75, 3.05) is 0 Å². The SMILES string of the molecule is CCCCCCCC/C=C\CCCCCCCC(=O)O[Si](C)(C)OC(=O)CCCCCCC/C=C\CCCCCCCC. The van der Waals surface area contributed by atoms with Gasteiger partial charge in [-0.1, -0.05) is 141 Å². The van der Waals surface area contributed by atoms with Crippen LogP contribution in [0.2, 0.25) is 13.1 Å². The highest BCUT2D eigenvalue weighted by Gasteiger charge is 2.33. The van der Waals surface area contributed by atoms with Crippen molar-refractivity contribution in [2.45, 2.75) is 207 Å². The zero-order chi connectivity index (χ0) is 31.7. The van der Waals surface area contributed by atoms with Crippen molar-refractivity contribution >= 4 is 20.5 Å². The van der Waals surface area contributed by atoms with Gasteiger partial charge in [0.15, 0.2) is 0 Å². The molecular formula is C38H72O4Si. The van der Waals surface area contributed by atoms with E-state index in [1.165, 1.54) is 128 Å². The van der Waals surface area contributed by atoms with Gasteiger partial charge in [-0.05, 0) is 64.2 Å². The summed E-state index contributed by atoms with van der Waals surface area (Å²) < 4.78 is 11.2. The van der Waals surface area contributed by atoms with Crippen LogP contribution >= 0.6 is 0 Å². The first-order chi connectivity index (χ1) is 20.9. The lowest BCUT2D eigenvalue weighted by molar-refractivity contribution is -0.141. The Balaban J connectivity index is 3.61. The van der Waals surface area contributed by atoms with Gasteiger partial charge in [-0.3, -0.25) is 9.59 Å². The van der Waals surface area contributed by atoms with Crippen molar-refractivity contribution in [1.29, 1.82) is 0 Å². The second kappa shape index (κ2) is 32.0. The Labute approximate surface area is 269 Å². The van der Waals surface area contributed by atoms with Crippen LogP contribution in [0.15, 0.2) is 24.3 Å². The fourth-order valence-electron chi connectivity index (χ4n) is 5.35. The standard InChI is InChI=1S/C38H72O4Si/c1-5-7-9-11-13-15-17-19-21-23-25-27-29-31-33-35-37(39)41-43(3,4)42-38(40)36-34-32-30-28-26-24-22-20-18-16-14-12-10-8-6-2/h19-22H,5-18,23-36H2,1-4H3/b21-19-,22-20-. The predicted octanol–water partition coefficient (Wildman–Crippen LogP) is 12.8. The third kappa shape index (κ3) is 33.4. The van der Waals surface area contributed by atoms with E-state index in [2.05, 4.69) is 38.2 Å². The molecule has 0 radical (unpaired) electrons. The molecule has 0 saturated heterocycles. The summed E-state index contributed by atoms with van der Waals surface area (Å²) in [4.78, 5) is 24.6. The summed E-state index contributed by atoms with van der Waals surface area (Å²) in [5.41, 5.74) is 0. The van der Waals surface area contributed by atoms with Crippen LogP contribution in [0.1, 0.15) is 194 Å². The van der Waals surface area contributed by atoms with Gasteiger partial charge in [0.2, 0.25) is 0 Å². The van der Waals surface area contributed by atoms with Gasteiger partial charge in [-0.2, -0.15) is 0 Å². The molecule has 0 aliphatic heterocycles. The molecule has 0 atom stereocenters. The number of allylic oxidation sites excluding steroid dienone is 4. The Morgan fingerprint density at radius 3 is 0.977 bits per heavy atom. The van der Waals surface area contributed by atoms with Crippen molar-refractivity contribution in [3.63, 3.8) is 0 Å². The summed E-state index contributed by atoms with van der Waals surface area (Å²) in [6.45, 7) is 8.12. The molecule has 43 heavy (non-hydrogen) atoms. The first-order valence-electron chi connectivity index (χ1n) is 18.6. The number of carbonyl (C=O) groups is 2. The fourth-order valence-corrected chi connectivity index (χ4v) is 6.69. The topological polar surface area (TPSA) is 52.6 Å². The summed E-state index contributed by atoms with van der Waals surface area (Å²) >= 11 is 0. The quantitative estimate of drug-likeness (QED) is 0.0426. The van der Waals surface area contributed by atoms with E-state index in [0.717, 1.165) is 38.5 Å². The third-order valence-electron chi connectivity index (χ3n) is 8.00. The molecule has 0 unspecified atom stereocenters. The van der Waals surface area contributed by atoms with E-state index >= 15 is 0 Å². The lowest BCUT2D eigenvalue weighted by Crippen LogP contribution is -2.39. The van der Waals surface area contributed by atoms with Crippen molar-refractivity contribution < 1.29 is 18.4 Å². The van der Waals surface area contributed by atoms with Crippen LogP contribution in [-0.4, -0.2) is 20.5 Å². The molecule has 4 nitrogen and oxygen atoms in total. The van der Waals surface area contributed by atoms with E-state index in [1.807, 2.05) is 0 Å². The third-order valence-corrected chi connectivity index (χ3v) is 9.44. The van der Waals surface area contributed by atoms with Crippen molar-refractivity contribution in [2.24, 2.45) is 0 Å². The number of rotatable bonds is 32. The van der Waals surface area contributed by atoms with E-state index in [9.17, 15) is 9.59 Å². The smallest absolute Gasteiger partial charge is 0.457 e. The molecule has 252 valence electrons. The Kier molecular flexibility index (Phi) is 31.0. The number of unbranched alkanes of at least 4 members (excludes halogenated alkanes) is 22. The number of carbonyl (C=O) groups excluding carboxylic acids is 2. The molecule has 0 aliphatic carbocycles. The van der Waals surface area contributed by atoms with Crippen LogP contribution in [0, 0.1) is 0 Å². The summed E-state index contributed by atoms with van der Waals surface area (Å²) in [7, 11) is -2.76. The Bertz CT molecular complexity index is 629. The minimum absolute atomic E-state index is 0.219. The summed E-state index contributed by atoms with van der Waals surface area (Å²) in [5, 5.41) is 0. The van der Waals surface area contributed by atoms with Gasteiger partial charge >= 0.3 is 8.56 Å². The average Bonchev–Trinajstić information content (AvgIpc) is 2.96. The zero-order valence-electron chi connectivity index (χ0n) is 29.2.